The molecule has 0 atom stereocenters. The van der Waals surface area contributed by atoms with Crippen molar-refractivity contribution in [3.8, 4) is 0 Å². The van der Waals surface area contributed by atoms with Crippen LogP contribution in [0.15, 0.2) is 36.4 Å². The van der Waals surface area contributed by atoms with Gasteiger partial charge in [0.25, 0.3) is 0 Å². The van der Waals surface area contributed by atoms with Crippen LogP contribution in [0.2, 0.25) is 0 Å². The molecular weight excluding hydrogens is 236 g/mol. The summed E-state index contributed by atoms with van der Waals surface area (Å²) in [5, 5.41) is 2.11. The SMILES string of the molecule is CCn1c2cccc(C)c2c2c(C(N)=O)cccc21. The van der Waals surface area contributed by atoms with Gasteiger partial charge in [0.05, 0.1) is 0 Å². The number of benzene rings is 2. The Labute approximate surface area is 111 Å². The summed E-state index contributed by atoms with van der Waals surface area (Å²) in [5.41, 5.74) is 9.53. The number of rotatable bonds is 2. The van der Waals surface area contributed by atoms with Gasteiger partial charge in [0.15, 0.2) is 0 Å². The maximum atomic E-state index is 11.7. The van der Waals surface area contributed by atoms with Crippen molar-refractivity contribution in [1.82, 2.24) is 4.57 Å². The van der Waals surface area contributed by atoms with Gasteiger partial charge in [-0.2, -0.15) is 0 Å². The number of hydrogen-bond donors (Lipinski definition) is 1. The van der Waals surface area contributed by atoms with Crippen molar-refractivity contribution in [2.24, 2.45) is 5.73 Å². The first kappa shape index (κ1) is 11.8. The molecule has 3 heteroatoms. The molecular formula is C16H16N2O. The lowest BCUT2D eigenvalue weighted by molar-refractivity contribution is 0.100. The molecule has 3 aromatic rings. The zero-order chi connectivity index (χ0) is 13.6. The molecule has 0 radical (unpaired) electrons. The van der Waals surface area contributed by atoms with Gasteiger partial charge in [-0.3, -0.25) is 4.79 Å². The number of aryl methyl sites for hydroxylation is 2. The fraction of sp³-hybridized carbons (Fsp3) is 0.188. The molecule has 2 N–H and O–H groups in total. The van der Waals surface area contributed by atoms with Crippen LogP contribution in [0, 0.1) is 6.92 Å². The Morgan fingerprint density at radius 1 is 1.11 bits per heavy atom. The van der Waals surface area contributed by atoms with Gasteiger partial charge in [-0.05, 0) is 37.6 Å². The minimum absolute atomic E-state index is 0.371. The molecule has 1 aromatic heterocycles. The third kappa shape index (κ3) is 1.55. The number of hydrogen-bond acceptors (Lipinski definition) is 1. The average molecular weight is 252 g/mol. The van der Waals surface area contributed by atoms with E-state index in [9.17, 15) is 4.79 Å². The number of carbonyl (C=O) groups excluding carboxylic acids is 1. The molecule has 0 fully saturated rings. The van der Waals surface area contributed by atoms with Crippen molar-refractivity contribution in [3.05, 3.63) is 47.5 Å². The molecule has 0 aliphatic rings. The molecule has 0 saturated carbocycles. The van der Waals surface area contributed by atoms with E-state index in [2.05, 4.69) is 30.5 Å². The minimum atomic E-state index is -0.371. The van der Waals surface area contributed by atoms with Crippen LogP contribution < -0.4 is 5.73 Å². The minimum Gasteiger partial charge on any atom is -0.366 e. The first-order chi connectivity index (χ1) is 9.15. The number of amides is 1. The third-order valence-corrected chi connectivity index (χ3v) is 3.71. The van der Waals surface area contributed by atoms with Gasteiger partial charge < -0.3 is 10.3 Å². The van der Waals surface area contributed by atoms with Crippen molar-refractivity contribution >= 4 is 27.7 Å². The van der Waals surface area contributed by atoms with E-state index in [1.807, 2.05) is 18.2 Å². The Kier molecular flexibility index (Phi) is 2.56. The Balaban J connectivity index is 2.65. The fourth-order valence-electron chi connectivity index (χ4n) is 2.91. The predicted molar refractivity (Wildman–Crippen MR) is 78.4 cm³/mol. The van der Waals surface area contributed by atoms with Gasteiger partial charge in [0.2, 0.25) is 5.91 Å². The molecule has 1 amide bonds. The summed E-state index contributed by atoms with van der Waals surface area (Å²) >= 11 is 0. The van der Waals surface area contributed by atoms with Crippen molar-refractivity contribution in [3.63, 3.8) is 0 Å². The highest BCUT2D eigenvalue weighted by Gasteiger charge is 2.16. The van der Waals surface area contributed by atoms with Crippen LogP contribution in [-0.2, 0) is 6.54 Å². The van der Waals surface area contributed by atoms with E-state index in [0.29, 0.717) is 5.56 Å². The lowest BCUT2D eigenvalue weighted by Gasteiger charge is -2.03. The van der Waals surface area contributed by atoms with Gasteiger partial charge in [0, 0.05) is 33.9 Å². The summed E-state index contributed by atoms with van der Waals surface area (Å²) in [4.78, 5) is 11.7. The Morgan fingerprint density at radius 3 is 2.37 bits per heavy atom. The van der Waals surface area contributed by atoms with E-state index in [0.717, 1.165) is 28.4 Å². The summed E-state index contributed by atoms with van der Waals surface area (Å²) < 4.78 is 2.23. The molecule has 19 heavy (non-hydrogen) atoms. The van der Waals surface area contributed by atoms with E-state index in [4.69, 9.17) is 5.73 Å². The van der Waals surface area contributed by atoms with Crippen LogP contribution in [0.25, 0.3) is 21.8 Å². The van der Waals surface area contributed by atoms with Gasteiger partial charge >= 0.3 is 0 Å². The largest absolute Gasteiger partial charge is 0.366 e. The number of nitrogens with two attached hydrogens (primary N) is 1. The molecule has 0 aliphatic carbocycles. The number of fused-ring (bicyclic) bond motifs is 3. The molecule has 0 aliphatic heterocycles. The highest BCUT2D eigenvalue weighted by molar-refractivity contribution is 6.18. The second-order valence-corrected chi connectivity index (χ2v) is 4.78. The standard InChI is InChI=1S/C16H16N2O/c1-3-18-12-8-4-6-10(2)14(12)15-11(16(17)19)7-5-9-13(15)18/h4-9H,3H2,1-2H3,(H2,17,19). The van der Waals surface area contributed by atoms with Crippen LogP contribution in [0.5, 0.6) is 0 Å². The molecule has 0 saturated heterocycles. The zero-order valence-electron chi connectivity index (χ0n) is 11.1. The smallest absolute Gasteiger partial charge is 0.249 e. The lowest BCUT2D eigenvalue weighted by atomic mass is 10.0. The first-order valence-corrected chi connectivity index (χ1v) is 6.45. The highest BCUT2D eigenvalue weighted by atomic mass is 16.1. The number of primary amides is 1. The molecule has 96 valence electrons. The number of carbonyl (C=O) groups is 1. The molecule has 0 bridgehead atoms. The second-order valence-electron chi connectivity index (χ2n) is 4.78. The second kappa shape index (κ2) is 4.12. The van der Waals surface area contributed by atoms with Crippen LogP contribution >= 0.6 is 0 Å². The third-order valence-electron chi connectivity index (χ3n) is 3.71. The Bertz CT molecular complexity index is 799. The van der Waals surface area contributed by atoms with Crippen LogP contribution in [0.4, 0.5) is 0 Å². The molecule has 3 rings (SSSR count). The van der Waals surface area contributed by atoms with Gasteiger partial charge in [0.1, 0.15) is 0 Å². The molecule has 0 unspecified atom stereocenters. The maximum absolute atomic E-state index is 11.7. The zero-order valence-corrected chi connectivity index (χ0v) is 11.1. The van der Waals surface area contributed by atoms with Crippen molar-refractivity contribution in [2.75, 3.05) is 0 Å². The van der Waals surface area contributed by atoms with E-state index in [-0.39, 0.29) is 5.91 Å². The van der Waals surface area contributed by atoms with Crippen LogP contribution in [0.1, 0.15) is 22.8 Å². The summed E-state index contributed by atoms with van der Waals surface area (Å²) in [7, 11) is 0. The normalized spacial score (nSPS) is 11.3. The van der Waals surface area contributed by atoms with E-state index in [1.54, 1.807) is 6.07 Å². The maximum Gasteiger partial charge on any atom is 0.249 e. The summed E-state index contributed by atoms with van der Waals surface area (Å²) in [6, 6.07) is 12.0. The molecule has 0 spiro atoms. The van der Waals surface area contributed by atoms with Crippen molar-refractivity contribution in [2.45, 2.75) is 20.4 Å². The van der Waals surface area contributed by atoms with Crippen molar-refractivity contribution in [1.29, 1.82) is 0 Å². The van der Waals surface area contributed by atoms with Crippen LogP contribution in [0.3, 0.4) is 0 Å². The monoisotopic (exact) mass is 252 g/mol. The summed E-state index contributed by atoms with van der Waals surface area (Å²) in [6.07, 6.45) is 0. The Hall–Kier alpha value is -2.29. The summed E-state index contributed by atoms with van der Waals surface area (Å²) in [6.45, 7) is 5.05. The topological polar surface area (TPSA) is 48.0 Å². The highest BCUT2D eigenvalue weighted by Crippen LogP contribution is 2.33. The predicted octanol–water partition coefficient (Wildman–Crippen LogP) is 3.22. The van der Waals surface area contributed by atoms with E-state index < -0.39 is 0 Å². The Morgan fingerprint density at radius 2 is 1.74 bits per heavy atom. The van der Waals surface area contributed by atoms with Gasteiger partial charge in [-0.1, -0.05) is 18.2 Å². The van der Waals surface area contributed by atoms with Crippen LogP contribution in [-0.4, -0.2) is 10.5 Å². The average Bonchev–Trinajstić information content (AvgIpc) is 2.73. The summed E-state index contributed by atoms with van der Waals surface area (Å²) in [5.74, 6) is -0.371. The van der Waals surface area contributed by atoms with E-state index in [1.165, 1.54) is 5.56 Å². The number of aromatic nitrogens is 1. The first-order valence-electron chi connectivity index (χ1n) is 6.45. The van der Waals surface area contributed by atoms with Gasteiger partial charge in [-0.25, -0.2) is 0 Å². The fourth-order valence-corrected chi connectivity index (χ4v) is 2.91. The van der Waals surface area contributed by atoms with Gasteiger partial charge in [-0.15, -0.1) is 0 Å². The van der Waals surface area contributed by atoms with Crippen molar-refractivity contribution < 1.29 is 4.79 Å². The molecule has 2 aromatic carbocycles. The number of nitrogens with zero attached hydrogens (tertiary/aromatic N) is 1. The van der Waals surface area contributed by atoms with E-state index >= 15 is 0 Å². The molecule has 3 nitrogen and oxygen atoms in total. The quantitative estimate of drug-likeness (QED) is 0.748. The lowest BCUT2D eigenvalue weighted by Crippen LogP contribution is -2.11. The molecule has 1 heterocycles.